The van der Waals surface area contributed by atoms with E-state index in [1.54, 1.807) is 12.1 Å². The molecule has 0 saturated carbocycles. The molecule has 1 aliphatic heterocycles. The molecule has 120 valence electrons. The molecule has 0 unspecified atom stereocenters. The summed E-state index contributed by atoms with van der Waals surface area (Å²) in [6.45, 7) is 1.91. The van der Waals surface area contributed by atoms with Gasteiger partial charge in [0, 0.05) is 13.1 Å². The fraction of sp³-hybridized carbons (Fsp3) is 0.500. The largest absolute Gasteiger partial charge is 0.481 e. The quantitative estimate of drug-likeness (QED) is 0.830. The summed E-state index contributed by atoms with van der Waals surface area (Å²) in [4.78, 5) is 24.7. The van der Waals surface area contributed by atoms with Gasteiger partial charge in [0.05, 0.1) is 12.5 Å². The van der Waals surface area contributed by atoms with Gasteiger partial charge in [0.2, 0.25) is 5.91 Å². The number of carbonyl (C=O) groups is 2. The number of piperidine rings is 1. The lowest BCUT2D eigenvalue weighted by Gasteiger charge is -2.29. The average Bonchev–Trinajstić information content (AvgIpc) is 2.49. The van der Waals surface area contributed by atoms with Gasteiger partial charge in [-0.2, -0.15) is 0 Å². The van der Waals surface area contributed by atoms with Crippen molar-refractivity contribution in [1.82, 2.24) is 10.2 Å². The number of nitrogens with zero attached hydrogens (tertiary/aromatic N) is 1. The third-order valence-electron chi connectivity index (χ3n) is 3.87. The van der Waals surface area contributed by atoms with Crippen LogP contribution in [0, 0.1) is 11.7 Å². The Labute approximate surface area is 129 Å². The van der Waals surface area contributed by atoms with Gasteiger partial charge in [-0.1, -0.05) is 12.1 Å². The van der Waals surface area contributed by atoms with E-state index in [2.05, 4.69) is 5.32 Å². The van der Waals surface area contributed by atoms with Gasteiger partial charge in [-0.05, 0) is 43.5 Å². The number of hydrogen-bond acceptors (Lipinski definition) is 3. The minimum atomic E-state index is -0.790. The van der Waals surface area contributed by atoms with Crippen LogP contribution in [0.15, 0.2) is 24.3 Å². The molecule has 0 spiro atoms. The SMILES string of the molecule is O=C(CN1CCC[C@@H](C(=O)O)C1)NCCc1ccc(F)cc1. The minimum Gasteiger partial charge on any atom is -0.481 e. The van der Waals surface area contributed by atoms with Crippen molar-refractivity contribution in [2.75, 3.05) is 26.2 Å². The summed E-state index contributed by atoms with van der Waals surface area (Å²) in [7, 11) is 0. The zero-order valence-electron chi connectivity index (χ0n) is 12.4. The van der Waals surface area contributed by atoms with Crippen LogP contribution in [0.2, 0.25) is 0 Å². The summed E-state index contributed by atoms with van der Waals surface area (Å²) in [5, 5.41) is 11.8. The third kappa shape index (κ3) is 5.11. The molecule has 1 saturated heterocycles. The van der Waals surface area contributed by atoms with E-state index in [1.165, 1.54) is 12.1 Å². The van der Waals surface area contributed by atoms with Crippen LogP contribution in [0.5, 0.6) is 0 Å². The Morgan fingerprint density at radius 3 is 2.73 bits per heavy atom. The molecule has 6 heteroatoms. The first kappa shape index (κ1) is 16.4. The van der Waals surface area contributed by atoms with Crippen molar-refractivity contribution in [2.24, 2.45) is 5.92 Å². The van der Waals surface area contributed by atoms with E-state index < -0.39 is 5.97 Å². The second-order valence-corrected chi connectivity index (χ2v) is 5.64. The van der Waals surface area contributed by atoms with E-state index in [-0.39, 0.29) is 24.2 Å². The van der Waals surface area contributed by atoms with E-state index in [9.17, 15) is 14.0 Å². The monoisotopic (exact) mass is 308 g/mol. The zero-order chi connectivity index (χ0) is 15.9. The first-order valence-corrected chi connectivity index (χ1v) is 7.51. The van der Waals surface area contributed by atoms with Crippen LogP contribution in [0.1, 0.15) is 18.4 Å². The summed E-state index contributed by atoms with van der Waals surface area (Å²) in [6, 6.07) is 6.20. The second kappa shape index (κ2) is 7.89. The molecule has 1 heterocycles. The Hall–Kier alpha value is -1.95. The first-order chi connectivity index (χ1) is 10.5. The maximum Gasteiger partial charge on any atom is 0.307 e. The number of rotatable bonds is 6. The Morgan fingerprint density at radius 2 is 2.05 bits per heavy atom. The number of nitrogens with one attached hydrogen (secondary N) is 1. The second-order valence-electron chi connectivity index (χ2n) is 5.64. The van der Waals surface area contributed by atoms with Crippen LogP contribution >= 0.6 is 0 Å². The Balaban J connectivity index is 1.69. The molecular formula is C16H21FN2O3. The van der Waals surface area contributed by atoms with Crippen LogP contribution in [0.4, 0.5) is 4.39 Å². The number of benzene rings is 1. The number of hydrogen-bond donors (Lipinski definition) is 2. The number of carbonyl (C=O) groups excluding carboxylic acids is 1. The van der Waals surface area contributed by atoms with E-state index >= 15 is 0 Å². The van der Waals surface area contributed by atoms with Gasteiger partial charge in [-0.3, -0.25) is 14.5 Å². The fourth-order valence-corrected chi connectivity index (χ4v) is 2.66. The van der Waals surface area contributed by atoms with Crippen molar-refractivity contribution in [3.05, 3.63) is 35.6 Å². The Bertz CT molecular complexity index is 519. The average molecular weight is 308 g/mol. The van der Waals surface area contributed by atoms with Gasteiger partial charge in [0.25, 0.3) is 0 Å². The summed E-state index contributed by atoms with van der Waals surface area (Å²) in [6.07, 6.45) is 2.13. The number of likely N-dealkylation sites (tertiary alicyclic amines) is 1. The summed E-state index contributed by atoms with van der Waals surface area (Å²) < 4.78 is 12.8. The summed E-state index contributed by atoms with van der Waals surface area (Å²) in [5.41, 5.74) is 0.964. The van der Waals surface area contributed by atoms with E-state index in [0.29, 0.717) is 25.9 Å². The summed E-state index contributed by atoms with van der Waals surface area (Å²) in [5.74, 6) is -1.54. The minimum absolute atomic E-state index is 0.104. The predicted molar refractivity (Wildman–Crippen MR) is 79.9 cm³/mol. The fourth-order valence-electron chi connectivity index (χ4n) is 2.66. The van der Waals surface area contributed by atoms with Gasteiger partial charge < -0.3 is 10.4 Å². The van der Waals surface area contributed by atoms with Crippen LogP contribution in [-0.4, -0.2) is 48.1 Å². The van der Waals surface area contributed by atoms with Gasteiger partial charge in [0.15, 0.2) is 0 Å². The van der Waals surface area contributed by atoms with Crippen molar-refractivity contribution in [3.8, 4) is 0 Å². The molecule has 5 nitrogen and oxygen atoms in total. The highest BCUT2D eigenvalue weighted by Gasteiger charge is 2.26. The molecule has 1 aromatic carbocycles. The van der Waals surface area contributed by atoms with Crippen LogP contribution < -0.4 is 5.32 Å². The van der Waals surface area contributed by atoms with E-state index in [0.717, 1.165) is 18.5 Å². The van der Waals surface area contributed by atoms with Crippen LogP contribution in [0.25, 0.3) is 0 Å². The molecule has 1 amide bonds. The summed E-state index contributed by atoms with van der Waals surface area (Å²) >= 11 is 0. The van der Waals surface area contributed by atoms with Gasteiger partial charge in [0.1, 0.15) is 5.82 Å². The molecule has 1 aromatic rings. The lowest BCUT2D eigenvalue weighted by molar-refractivity contribution is -0.144. The molecule has 1 atom stereocenters. The smallest absolute Gasteiger partial charge is 0.307 e. The molecule has 2 N–H and O–H groups in total. The standard InChI is InChI=1S/C16H21FN2O3/c17-14-5-3-12(4-6-14)7-8-18-15(20)11-19-9-1-2-13(10-19)16(21)22/h3-6,13H,1-2,7-11H2,(H,18,20)(H,21,22)/t13-/m1/s1. The van der Waals surface area contributed by atoms with Gasteiger partial charge >= 0.3 is 5.97 Å². The highest BCUT2D eigenvalue weighted by atomic mass is 19.1. The number of carboxylic acids is 1. The highest BCUT2D eigenvalue weighted by molar-refractivity contribution is 5.78. The molecule has 0 aliphatic carbocycles. The molecule has 0 bridgehead atoms. The van der Waals surface area contributed by atoms with Crippen molar-refractivity contribution < 1.29 is 19.1 Å². The Morgan fingerprint density at radius 1 is 1.32 bits per heavy atom. The van der Waals surface area contributed by atoms with Gasteiger partial charge in [-0.15, -0.1) is 0 Å². The Kier molecular flexibility index (Phi) is 5.89. The van der Waals surface area contributed by atoms with Crippen molar-refractivity contribution in [2.45, 2.75) is 19.3 Å². The first-order valence-electron chi connectivity index (χ1n) is 7.51. The number of carboxylic acid groups (broad SMARTS) is 1. The maximum atomic E-state index is 12.8. The van der Waals surface area contributed by atoms with Gasteiger partial charge in [-0.25, -0.2) is 4.39 Å². The van der Waals surface area contributed by atoms with E-state index in [4.69, 9.17) is 5.11 Å². The zero-order valence-corrected chi connectivity index (χ0v) is 12.4. The molecule has 22 heavy (non-hydrogen) atoms. The van der Waals surface area contributed by atoms with Crippen molar-refractivity contribution >= 4 is 11.9 Å². The third-order valence-corrected chi connectivity index (χ3v) is 3.87. The number of halogens is 1. The normalized spacial score (nSPS) is 18.9. The maximum absolute atomic E-state index is 12.8. The topological polar surface area (TPSA) is 69.6 Å². The number of amides is 1. The lowest BCUT2D eigenvalue weighted by Crippen LogP contribution is -2.44. The van der Waals surface area contributed by atoms with Crippen LogP contribution in [0.3, 0.4) is 0 Å². The molecular weight excluding hydrogens is 287 g/mol. The van der Waals surface area contributed by atoms with Crippen molar-refractivity contribution in [3.63, 3.8) is 0 Å². The van der Waals surface area contributed by atoms with Crippen LogP contribution in [-0.2, 0) is 16.0 Å². The lowest BCUT2D eigenvalue weighted by atomic mass is 9.98. The molecule has 1 fully saturated rings. The number of aliphatic carboxylic acids is 1. The molecule has 1 aliphatic rings. The van der Waals surface area contributed by atoms with E-state index in [1.807, 2.05) is 4.90 Å². The van der Waals surface area contributed by atoms with Crippen molar-refractivity contribution in [1.29, 1.82) is 0 Å². The molecule has 2 rings (SSSR count). The molecule has 0 aromatic heterocycles. The molecule has 0 radical (unpaired) electrons. The predicted octanol–water partition coefficient (Wildman–Crippen LogP) is 1.28. The highest BCUT2D eigenvalue weighted by Crippen LogP contribution is 2.16.